The van der Waals surface area contributed by atoms with E-state index in [1.165, 1.54) is 0 Å². The van der Waals surface area contributed by atoms with Gasteiger partial charge < -0.3 is 9.90 Å². The van der Waals surface area contributed by atoms with Crippen molar-refractivity contribution in [2.75, 3.05) is 0 Å². The van der Waals surface area contributed by atoms with E-state index in [1.54, 1.807) is 24.3 Å². The van der Waals surface area contributed by atoms with Gasteiger partial charge >= 0.3 is 0 Å². The minimum absolute atomic E-state index is 0.131. The van der Waals surface area contributed by atoms with Gasteiger partial charge in [0.1, 0.15) is 6.29 Å². The third kappa shape index (κ3) is 1.50. The quantitative estimate of drug-likeness (QED) is 0.403. The lowest BCUT2D eigenvalue weighted by atomic mass is 10.0. The first-order chi connectivity index (χ1) is 4.33. The zero-order valence-corrected chi connectivity index (χ0v) is 4.90. The number of allylic oxidation sites excluding steroid dienone is 2. The van der Waals surface area contributed by atoms with Crippen LogP contribution in [-0.4, -0.2) is 17.5 Å². The summed E-state index contributed by atoms with van der Waals surface area (Å²) in [5.74, 6) is -0.131. The molecule has 0 aromatic heterocycles. The van der Waals surface area contributed by atoms with Crippen molar-refractivity contribution in [3.63, 3.8) is 0 Å². The molecule has 2 nitrogen and oxygen atoms in total. The number of aldehydes is 1. The minimum Gasteiger partial charge on any atom is -0.385 e. The molecule has 0 heterocycles. The van der Waals surface area contributed by atoms with Gasteiger partial charge in [-0.15, -0.1) is 0 Å². The molecule has 1 rings (SSSR count). The van der Waals surface area contributed by atoms with E-state index in [-0.39, 0.29) is 5.92 Å². The molecule has 0 saturated carbocycles. The molecule has 0 amide bonds. The molecular formula is C7H8O2. The fraction of sp³-hybridized carbons (Fsp3) is 0.286. The molecule has 0 spiro atoms. The van der Waals surface area contributed by atoms with E-state index in [2.05, 4.69) is 0 Å². The minimum atomic E-state index is -0.499. The second kappa shape index (κ2) is 2.60. The molecule has 2 heteroatoms. The molecule has 48 valence electrons. The van der Waals surface area contributed by atoms with Crippen molar-refractivity contribution in [3.05, 3.63) is 24.3 Å². The van der Waals surface area contributed by atoms with E-state index in [4.69, 9.17) is 5.11 Å². The van der Waals surface area contributed by atoms with Crippen molar-refractivity contribution in [1.29, 1.82) is 0 Å². The van der Waals surface area contributed by atoms with E-state index in [9.17, 15) is 4.79 Å². The van der Waals surface area contributed by atoms with Crippen LogP contribution in [0.25, 0.3) is 0 Å². The van der Waals surface area contributed by atoms with Gasteiger partial charge in [-0.25, -0.2) is 0 Å². The summed E-state index contributed by atoms with van der Waals surface area (Å²) in [6, 6.07) is 0. The third-order valence-corrected chi connectivity index (χ3v) is 1.22. The molecule has 0 atom stereocenters. The Morgan fingerprint density at radius 2 is 1.78 bits per heavy atom. The van der Waals surface area contributed by atoms with Crippen molar-refractivity contribution >= 4 is 6.29 Å². The Hall–Kier alpha value is -0.890. The fourth-order valence-electron chi connectivity index (χ4n) is 0.703. The molecule has 0 fully saturated rings. The van der Waals surface area contributed by atoms with Gasteiger partial charge in [-0.05, 0) is 0 Å². The topological polar surface area (TPSA) is 37.3 Å². The maximum absolute atomic E-state index is 10.1. The zero-order valence-electron chi connectivity index (χ0n) is 4.90. The van der Waals surface area contributed by atoms with Gasteiger partial charge in [0.25, 0.3) is 0 Å². The monoisotopic (exact) mass is 124 g/mol. The molecule has 0 aliphatic heterocycles. The van der Waals surface area contributed by atoms with Crippen molar-refractivity contribution < 1.29 is 9.90 Å². The van der Waals surface area contributed by atoms with Crippen LogP contribution >= 0.6 is 0 Å². The highest BCUT2D eigenvalue weighted by atomic mass is 16.3. The van der Waals surface area contributed by atoms with Crippen LogP contribution in [0.15, 0.2) is 24.3 Å². The van der Waals surface area contributed by atoms with Gasteiger partial charge in [0.05, 0.1) is 12.0 Å². The number of hydrogen-bond donors (Lipinski definition) is 1. The number of carbonyl (C=O) groups excluding carboxylic acids is 1. The summed E-state index contributed by atoms with van der Waals surface area (Å²) in [5.41, 5.74) is 0. The van der Waals surface area contributed by atoms with Crippen LogP contribution < -0.4 is 0 Å². The number of carbonyl (C=O) groups is 1. The summed E-state index contributed by atoms with van der Waals surface area (Å²) in [6.45, 7) is 0. The van der Waals surface area contributed by atoms with E-state index in [0.29, 0.717) is 0 Å². The zero-order chi connectivity index (χ0) is 6.69. The molecule has 0 aromatic rings. The molecule has 0 bridgehead atoms. The van der Waals surface area contributed by atoms with Crippen LogP contribution in [0.1, 0.15) is 0 Å². The van der Waals surface area contributed by atoms with E-state index < -0.39 is 6.10 Å². The van der Waals surface area contributed by atoms with E-state index in [0.717, 1.165) is 6.29 Å². The highest BCUT2D eigenvalue weighted by Gasteiger charge is 2.03. The Morgan fingerprint density at radius 3 is 2.22 bits per heavy atom. The van der Waals surface area contributed by atoms with Crippen molar-refractivity contribution in [3.8, 4) is 0 Å². The lowest BCUT2D eigenvalue weighted by Gasteiger charge is -2.05. The average molecular weight is 124 g/mol. The Labute approximate surface area is 53.5 Å². The smallest absolute Gasteiger partial charge is 0.130 e. The average Bonchev–Trinajstić information content (AvgIpc) is 1.90. The molecular weight excluding hydrogens is 116 g/mol. The van der Waals surface area contributed by atoms with Crippen LogP contribution in [-0.2, 0) is 4.79 Å². The highest BCUT2D eigenvalue weighted by Crippen LogP contribution is 2.05. The predicted octanol–water partition coefficient (Wildman–Crippen LogP) is 0.288. The Kier molecular flexibility index (Phi) is 1.80. The maximum Gasteiger partial charge on any atom is 0.130 e. The van der Waals surface area contributed by atoms with Crippen molar-refractivity contribution in [2.45, 2.75) is 6.10 Å². The van der Waals surface area contributed by atoms with Crippen LogP contribution in [0.5, 0.6) is 0 Å². The lowest BCUT2D eigenvalue weighted by Crippen LogP contribution is -2.05. The molecule has 1 aliphatic rings. The summed E-state index contributed by atoms with van der Waals surface area (Å²) < 4.78 is 0. The number of rotatable bonds is 1. The molecule has 1 N–H and O–H groups in total. The number of aliphatic hydroxyl groups is 1. The van der Waals surface area contributed by atoms with Crippen LogP contribution in [0.2, 0.25) is 0 Å². The first-order valence-corrected chi connectivity index (χ1v) is 2.83. The summed E-state index contributed by atoms with van der Waals surface area (Å²) in [7, 11) is 0. The van der Waals surface area contributed by atoms with Gasteiger partial charge in [0.2, 0.25) is 0 Å². The SMILES string of the molecule is O=CC1C=CC(O)C=C1. The van der Waals surface area contributed by atoms with Gasteiger partial charge in [-0.2, -0.15) is 0 Å². The van der Waals surface area contributed by atoms with Crippen molar-refractivity contribution in [2.24, 2.45) is 5.92 Å². The van der Waals surface area contributed by atoms with Crippen LogP contribution in [0.3, 0.4) is 0 Å². The second-order valence-corrected chi connectivity index (χ2v) is 1.97. The Bertz CT molecular complexity index is 144. The fourth-order valence-corrected chi connectivity index (χ4v) is 0.703. The summed E-state index contributed by atoms with van der Waals surface area (Å²) in [5, 5.41) is 8.83. The molecule has 0 saturated heterocycles. The summed E-state index contributed by atoms with van der Waals surface area (Å²) >= 11 is 0. The van der Waals surface area contributed by atoms with Gasteiger partial charge in [0, 0.05) is 0 Å². The summed E-state index contributed by atoms with van der Waals surface area (Å²) in [4.78, 5) is 10.1. The first kappa shape index (κ1) is 6.23. The Balaban J connectivity index is 2.58. The Morgan fingerprint density at radius 1 is 1.22 bits per heavy atom. The largest absolute Gasteiger partial charge is 0.385 e. The number of hydrogen-bond acceptors (Lipinski definition) is 2. The highest BCUT2D eigenvalue weighted by molar-refractivity contribution is 5.60. The predicted molar refractivity (Wildman–Crippen MR) is 33.8 cm³/mol. The van der Waals surface area contributed by atoms with Crippen molar-refractivity contribution in [1.82, 2.24) is 0 Å². The lowest BCUT2D eigenvalue weighted by molar-refractivity contribution is -0.108. The normalized spacial score (nSPS) is 32.6. The van der Waals surface area contributed by atoms with Gasteiger partial charge in [-0.3, -0.25) is 0 Å². The molecule has 0 unspecified atom stereocenters. The van der Waals surface area contributed by atoms with E-state index >= 15 is 0 Å². The molecule has 0 radical (unpaired) electrons. The van der Waals surface area contributed by atoms with Crippen LogP contribution in [0, 0.1) is 5.92 Å². The van der Waals surface area contributed by atoms with E-state index in [1.807, 2.05) is 0 Å². The van der Waals surface area contributed by atoms with Gasteiger partial charge in [0.15, 0.2) is 0 Å². The third-order valence-electron chi connectivity index (χ3n) is 1.22. The second-order valence-electron chi connectivity index (χ2n) is 1.97. The number of aliphatic hydroxyl groups excluding tert-OH is 1. The van der Waals surface area contributed by atoms with Crippen LogP contribution in [0.4, 0.5) is 0 Å². The standard InChI is InChI=1S/C7H8O2/c8-5-6-1-3-7(9)4-2-6/h1-7,9H. The molecule has 9 heavy (non-hydrogen) atoms. The molecule has 0 aromatic carbocycles. The molecule has 1 aliphatic carbocycles. The first-order valence-electron chi connectivity index (χ1n) is 2.83. The van der Waals surface area contributed by atoms with Gasteiger partial charge in [-0.1, -0.05) is 24.3 Å². The summed E-state index contributed by atoms with van der Waals surface area (Å²) in [6.07, 6.45) is 6.88. The maximum atomic E-state index is 10.1.